The van der Waals surface area contributed by atoms with Gasteiger partial charge >= 0.3 is 6.18 Å². The highest BCUT2D eigenvalue weighted by Crippen LogP contribution is 2.47. The van der Waals surface area contributed by atoms with Gasteiger partial charge in [0.2, 0.25) is 11.8 Å². The van der Waals surface area contributed by atoms with Crippen LogP contribution in [0, 0.1) is 5.41 Å². The van der Waals surface area contributed by atoms with E-state index in [9.17, 15) is 22.8 Å². The van der Waals surface area contributed by atoms with E-state index < -0.39 is 34.0 Å². The molecule has 0 unspecified atom stereocenters. The molecule has 3 rings (SSSR count). The Morgan fingerprint density at radius 1 is 1.15 bits per heavy atom. The van der Waals surface area contributed by atoms with Gasteiger partial charge in [0.25, 0.3) is 0 Å². The first-order valence-electron chi connectivity index (χ1n) is 8.09. The van der Waals surface area contributed by atoms with Crippen LogP contribution < -0.4 is 10.6 Å². The number of pyridine rings is 1. The van der Waals surface area contributed by atoms with Crippen LogP contribution in [-0.4, -0.2) is 16.8 Å². The number of benzene rings is 1. The van der Waals surface area contributed by atoms with Crippen molar-refractivity contribution in [3.63, 3.8) is 0 Å². The van der Waals surface area contributed by atoms with Crippen molar-refractivity contribution in [3.8, 4) is 0 Å². The van der Waals surface area contributed by atoms with Gasteiger partial charge in [-0.25, -0.2) is 0 Å². The lowest BCUT2D eigenvalue weighted by Gasteiger charge is -2.16. The van der Waals surface area contributed by atoms with Gasteiger partial charge in [0.15, 0.2) is 0 Å². The molecule has 2 N–H and O–H groups in total. The van der Waals surface area contributed by atoms with E-state index in [1.807, 2.05) is 0 Å². The third kappa shape index (κ3) is 4.21. The van der Waals surface area contributed by atoms with Crippen LogP contribution in [0.5, 0.6) is 0 Å². The van der Waals surface area contributed by atoms with Crippen molar-refractivity contribution in [3.05, 3.63) is 58.9 Å². The molecule has 0 spiro atoms. The molecule has 2 amide bonds. The maximum atomic E-state index is 12.9. The van der Waals surface area contributed by atoms with Crippen LogP contribution in [0.1, 0.15) is 24.1 Å². The molecule has 1 saturated carbocycles. The minimum Gasteiger partial charge on any atom is -0.350 e. The van der Waals surface area contributed by atoms with Crippen molar-refractivity contribution < 1.29 is 22.8 Å². The minimum absolute atomic E-state index is 0.0690. The van der Waals surface area contributed by atoms with Gasteiger partial charge in [-0.3, -0.25) is 14.6 Å². The Morgan fingerprint density at radius 2 is 1.89 bits per heavy atom. The van der Waals surface area contributed by atoms with Crippen molar-refractivity contribution >= 4 is 29.1 Å². The normalized spacial score (nSPS) is 15.1. The number of nitrogens with zero attached hydrogens (tertiary/aromatic N) is 1. The van der Waals surface area contributed by atoms with E-state index in [1.54, 1.807) is 24.4 Å². The van der Waals surface area contributed by atoms with Crippen LogP contribution in [-0.2, 0) is 22.3 Å². The first-order valence-corrected chi connectivity index (χ1v) is 8.46. The third-order valence-corrected chi connectivity index (χ3v) is 4.63. The summed E-state index contributed by atoms with van der Waals surface area (Å²) < 4.78 is 38.8. The second-order valence-electron chi connectivity index (χ2n) is 6.23. The van der Waals surface area contributed by atoms with Crippen molar-refractivity contribution in [2.45, 2.75) is 25.6 Å². The quantitative estimate of drug-likeness (QED) is 0.754. The number of anilines is 1. The number of amides is 2. The van der Waals surface area contributed by atoms with Crippen LogP contribution in [0.15, 0.2) is 42.6 Å². The number of nitrogens with one attached hydrogen (secondary N) is 2. The van der Waals surface area contributed by atoms with Gasteiger partial charge < -0.3 is 10.6 Å². The number of alkyl halides is 3. The second kappa shape index (κ2) is 7.19. The molecule has 1 heterocycles. The summed E-state index contributed by atoms with van der Waals surface area (Å²) in [6.07, 6.45) is -2.41. The average molecular weight is 398 g/mol. The summed E-state index contributed by atoms with van der Waals surface area (Å²) in [6, 6.07) is 8.31. The van der Waals surface area contributed by atoms with Gasteiger partial charge in [-0.2, -0.15) is 13.2 Å². The summed E-state index contributed by atoms with van der Waals surface area (Å²) in [5.41, 5.74) is -1.76. The van der Waals surface area contributed by atoms with Crippen LogP contribution in [0.25, 0.3) is 0 Å². The predicted octanol–water partition coefficient (Wildman–Crippen LogP) is 3.79. The molecule has 9 heteroatoms. The zero-order chi connectivity index (χ0) is 19.7. The van der Waals surface area contributed by atoms with E-state index >= 15 is 0 Å². The standard InChI is InChI=1S/C18H15ClF3N3O2/c19-14-5-4-11(9-13(14)18(20,21)22)25-16(27)17(6-7-17)15(26)24-10-12-3-1-2-8-23-12/h1-5,8-9H,6-7,10H2,(H,24,26)(H,25,27). The van der Waals surface area contributed by atoms with Gasteiger partial charge in [0.05, 0.1) is 22.8 Å². The van der Waals surface area contributed by atoms with Gasteiger partial charge in [0, 0.05) is 11.9 Å². The van der Waals surface area contributed by atoms with Gasteiger partial charge in [0.1, 0.15) is 5.41 Å². The predicted molar refractivity (Wildman–Crippen MR) is 92.8 cm³/mol. The SMILES string of the molecule is O=C(NCc1ccccn1)C1(C(=O)Nc2ccc(Cl)c(C(F)(F)F)c2)CC1. The van der Waals surface area contributed by atoms with E-state index in [-0.39, 0.29) is 12.2 Å². The molecule has 0 radical (unpaired) electrons. The van der Waals surface area contributed by atoms with Crippen LogP contribution in [0.3, 0.4) is 0 Å². The molecule has 1 aliphatic carbocycles. The highest BCUT2D eigenvalue weighted by molar-refractivity contribution is 6.31. The highest BCUT2D eigenvalue weighted by Gasteiger charge is 2.56. The number of carbonyl (C=O) groups is 2. The smallest absolute Gasteiger partial charge is 0.350 e. The molecule has 0 saturated heterocycles. The van der Waals surface area contributed by atoms with Crippen molar-refractivity contribution in [2.75, 3.05) is 5.32 Å². The minimum atomic E-state index is -4.64. The van der Waals surface area contributed by atoms with Crippen molar-refractivity contribution in [2.24, 2.45) is 5.41 Å². The lowest BCUT2D eigenvalue weighted by molar-refractivity contribution is -0.138. The topological polar surface area (TPSA) is 71.1 Å². The first-order chi connectivity index (χ1) is 12.7. The van der Waals surface area contributed by atoms with Crippen molar-refractivity contribution in [1.82, 2.24) is 10.3 Å². The molecule has 1 aromatic carbocycles. The zero-order valence-corrected chi connectivity index (χ0v) is 14.7. The fraction of sp³-hybridized carbons (Fsp3) is 0.278. The lowest BCUT2D eigenvalue weighted by atomic mass is 10.0. The Balaban J connectivity index is 1.68. The van der Waals surface area contributed by atoms with Crippen molar-refractivity contribution in [1.29, 1.82) is 0 Å². The highest BCUT2D eigenvalue weighted by atomic mass is 35.5. The Morgan fingerprint density at radius 3 is 2.48 bits per heavy atom. The van der Waals surface area contributed by atoms with Crippen LogP contribution in [0.4, 0.5) is 18.9 Å². The van der Waals surface area contributed by atoms with E-state index in [0.717, 1.165) is 12.1 Å². The van der Waals surface area contributed by atoms with E-state index in [4.69, 9.17) is 11.6 Å². The van der Waals surface area contributed by atoms with Gasteiger partial charge in [-0.15, -0.1) is 0 Å². The molecule has 142 valence electrons. The number of rotatable bonds is 5. The Hall–Kier alpha value is -2.61. The second-order valence-corrected chi connectivity index (χ2v) is 6.64. The zero-order valence-electron chi connectivity index (χ0n) is 13.9. The molecular formula is C18H15ClF3N3O2. The molecule has 0 aliphatic heterocycles. The van der Waals surface area contributed by atoms with Gasteiger partial charge in [-0.1, -0.05) is 17.7 Å². The summed E-state index contributed by atoms with van der Waals surface area (Å²) >= 11 is 5.57. The Labute approximate surface area is 157 Å². The molecule has 0 atom stereocenters. The number of halogens is 4. The molecule has 1 fully saturated rings. The fourth-order valence-corrected chi connectivity index (χ4v) is 2.82. The molecule has 27 heavy (non-hydrogen) atoms. The van der Waals surface area contributed by atoms with Gasteiger partial charge in [-0.05, 0) is 43.2 Å². The van der Waals surface area contributed by atoms with Crippen LogP contribution in [0.2, 0.25) is 5.02 Å². The lowest BCUT2D eigenvalue weighted by Crippen LogP contribution is -2.39. The molecule has 5 nitrogen and oxygen atoms in total. The molecule has 0 bridgehead atoms. The molecule has 1 aliphatic rings. The third-order valence-electron chi connectivity index (χ3n) is 4.31. The summed E-state index contributed by atoms with van der Waals surface area (Å²) in [7, 11) is 0. The molecular weight excluding hydrogens is 383 g/mol. The first kappa shape index (κ1) is 19.2. The summed E-state index contributed by atoms with van der Waals surface area (Å²) in [4.78, 5) is 29.0. The number of aromatic nitrogens is 1. The maximum absolute atomic E-state index is 12.9. The maximum Gasteiger partial charge on any atom is 0.417 e. The van der Waals surface area contributed by atoms with Crippen LogP contribution >= 0.6 is 11.6 Å². The number of hydrogen-bond donors (Lipinski definition) is 2. The summed E-state index contributed by atoms with van der Waals surface area (Å²) in [6.45, 7) is 0.161. The van der Waals surface area contributed by atoms with E-state index in [1.165, 1.54) is 6.07 Å². The van der Waals surface area contributed by atoms with E-state index in [0.29, 0.717) is 18.5 Å². The number of carbonyl (C=O) groups excluding carboxylic acids is 2. The monoisotopic (exact) mass is 397 g/mol. The Bertz CT molecular complexity index is 868. The fourth-order valence-electron chi connectivity index (χ4n) is 2.60. The molecule has 1 aromatic heterocycles. The summed E-state index contributed by atoms with van der Waals surface area (Å²) in [5.74, 6) is -1.12. The number of hydrogen-bond acceptors (Lipinski definition) is 3. The average Bonchev–Trinajstić information content (AvgIpc) is 3.43. The van der Waals surface area contributed by atoms with E-state index in [2.05, 4.69) is 15.6 Å². The Kier molecular flexibility index (Phi) is 5.10. The molecule has 2 aromatic rings. The largest absolute Gasteiger partial charge is 0.417 e. The summed E-state index contributed by atoms with van der Waals surface area (Å²) in [5, 5.41) is 4.58.